The van der Waals surface area contributed by atoms with Gasteiger partial charge in [0.2, 0.25) is 0 Å². The molecule has 0 radical (unpaired) electrons. The first-order valence-corrected chi connectivity index (χ1v) is 17.5. The van der Waals surface area contributed by atoms with Gasteiger partial charge in [-0.2, -0.15) is 20.2 Å². The van der Waals surface area contributed by atoms with Crippen LogP contribution in [-0.2, 0) is 4.74 Å². The van der Waals surface area contributed by atoms with Gasteiger partial charge in [-0.25, -0.2) is 9.59 Å². The third-order valence-electron chi connectivity index (χ3n) is 8.82. The average Bonchev–Trinajstić information content (AvgIpc) is 3.77. The Labute approximate surface area is 314 Å². The minimum Gasteiger partial charge on any atom is -0.490 e. The Morgan fingerprint density at radius 1 is 0.600 bits per heavy atom. The molecule has 8 aromatic rings. The van der Waals surface area contributed by atoms with Gasteiger partial charge in [-0.3, -0.25) is 10.2 Å². The van der Waals surface area contributed by atoms with Crippen LogP contribution in [0, 0.1) is 13.8 Å². The van der Waals surface area contributed by atoms with Gasteiger partial charge in [-0.15, -0.1) is 0 Å². The van der Waals surface area contributed by atoms with Crippen molar-refractivity contribution in [2.24, 2.45) is 0 Å². The van der Waals surface area contributed by atoms with Crippen molar-refractivity contribution in [3.8, 4) is 56.5 Å². The summed E-state index contributed by atoms with van der Waals surface area (Å²) in [6.07, 6.45) is 0. The minimum atomic E-state index is -0.441. The van der Waals surface area contributed by atoms with Crippen molar-refractivity contribution in [3.63, 3.8) is 0 Å². The monoisotopic (exact) mass is 738 g/mol. The predicted molar refractivity (Wildman–Crippen MR) is 210 cm³/mol. The summed E-state index contributed by atoms with van der Waals surface area (Å²) in [4.78, 5) is 38.3. The number of nitrogens with zero attached hydrogens (tertiary/aromatic N) is 4. The lowest BCUT2D eigenvalue weighted by Gasteiger charge is -2.12. The van der Waals surface area contributed by atoms with Crippen LogP contribution in [0.4, 0.5) is 0 Å². The molecule has 4 heterocycles. The highest BCUT2D eigenvalue weighted by atomic mass is 16.5. The third-order valence-corrected chi connectivity index (χ3v) is 8.82. The number of benzene rings is 4. The first-order valence-electron chi connectivity index (χ1n) is 17.5. The molecule has 14 nitrogen and oxygen atoms in total. The molecule has 0 fully saturated rings. The lowest BCUT2D eigenvalue weighted by atomic mass is 10.0. The van der Waals surface area contributed by atoms with Crippen LogP contribution in [0.5, 0.6) is 11.5 Å². The molecule has 0 aliphatic rings. The number of rotatable bonds is 11. The zero-order chi connectivity index (χ0) is 38.3. The second kappa shape index (κ2) is 16.4. The Morgan fingerprint density at radius 3 is 1.55 bits per heavy atom. The van der Waals surface area contributed by atoms with E-state index in [-0.39, 0.29) is 13.2 Å². The maximum Gasteiger partial charge on any atom is 0.345 e. The normalized spacial score (nSPS) is 11.1. The van der Waals surface area contributed by atoms with Crippen LogP contribution in [-0.4, -0.2) is 79.0 Å². The maximum atomic E-state index is 12.3. The Morgan fingerprint density at radius 2 is 1.07 bits per heavy atom. The van der Waals surface area contributed by atoms with E-state index in [2.05, 4.69) is 40.3 Å². The number of aromatic amines is 4. The number of para-hydroxylation sites is 2. The molecular formula is C41H38N8O6. The molecule has 4 aromatic heterocycles. The quantitative estimate of drug-likeness (QED) is 0.0986. The number of methoxy groups -OCH3 is 1. The van der Waals surface area contributed by atoms with Crippen molar-refractivity contribution < 1.29 is 19.3 Å². The number of aryl methyl sites for hydroxylation is 2. The number of H-pyrrole nitrogens is 4. The van der Waals surface area contributed by atoms with Crippen LogP contribution in [0.3, 0.4) is 0 Å². The molecule has 0 saturated carbocycles. The molecule has 0 spiro atoms. The largest absolute Gasteiger partial charge is 0.490 e. The van der Waals surface area contributed by atoms with Crippen molar-refractivity contribution >= 4 is 21.8 Å². The van der Waals surface area contributed by atoms with Gasteiger partial charge in [0.15, 0.2) is 0 Å². The Hall–Kier alpha value is -6.90. The number of hydrogen-bond donors (Lipinski definition) is 5. The molecule has 5 N–H and O–H groups in total. The van der Waals surface area contributed by atoms with Gasteiger partial charge >= 0.3 is 11.4 Å². The number of aliphatic hydroxyl groups is 1. The number of ether oxygens (including phenoxy) is 3. The predicted octanol–water partition coefficient (Wildman–Crippen LogP) is 5.97. The fourth-order valence-corrected chi connectivity index (χ4v) is 6.12. The van der Waals surface area contributed by atoms with E-state index in [9.17, 15) is 9.59 Å². The molecule has 0 aliphatic heterocycles. The molecule has 0 saturated heterocycles. The molecule has 278 valence electrons. The molecule has 0 amide bonds. The van der Waals surface area contributed by atoms with Crippen molar-refractivity contribution in [2.45, 2.75) is 13.8 Å². The summed E-state index contributed by atoms with van der Waals surface area (Å²) in [5.74, 6) is 1.26. The van der Waals surface area contributed by atoms with Crippen molar-refractivity contribution in [1.82, 2.24) is 40.3 Å². The summed E-state index contributed by atoms with van der Waals surface area (Å²) in [5.41, 5.74) is 8.41. The number of fused-ring (bicyclic) bond motifs is 2. The van der Waals surface area contributed by atoms with Gasteiger partial charge in [-0.1, -0.05) is 36.4 Å². The highest BCUT2D eigenvalue weighted by Crippen LogP contribution is 2.32. The summed E-state index contributed by atoms with van der Waals surface area (Å²) in [5, 5.41) is 25.4. The van der Waals surface area contributed by atoms with Gasteiger partial charge in [-0.05, 0) is 74.5 Å². The Kier molecular flexibility index (Phi) is 10.9. The molecule has 4 aromatic carbocycles. The van der Waals surface area contributed by atoms with Gasteiger partial charge in [0.1, 0.15) is 24.7 Å². The topological polar surface area (TPSA) is 197 Å². The first-order chi connectivity index (χ1) is 26.8. The van der Waals surface area contributed by atoms with E-state index in [0.29, 0.717) is 47.5 Å². The van der Waals surface area contributed by atoms with Gasteiger partial charge in [0, 0.05) is 51.5 Å². The Bertz CT molecular complexity index is 2720. The zero-order valence-electron chi connectivity index (χ0n) is 30.3. The summed E-state index contributed by atoms with van der Waals surface area (Å²) in [6, 6.07) is 30.2. The highest BCUT2D eigenvalue weighted by molar-refractivity contribution is 5.87. The van der Waals surface area contributed by atoms with Crippen LogP contribution >= 0.6 is 0 Å². The fourth-order valence-electron chi connectivity index (χ4n) is 6.12. The second-order valence-electron chi connectivity index (χ2n) is 12.5. The molecule has 8 rings (SSSR count). The SMILES string of the molecule is COCCOc1ccccc1-c1cc(-c2ccc3n[nH]c(C)c3c2)nc(=O)[nH]1.Cc1[nH]nc2ccc(-c3cc(-c4ccccc4OCCO)[nH]c(=O)n3)cc12. The van der Waals surface area contributed by atoms with Gasteiger partial charge in [0.25, 0.3) is 0 Å². The highest BCUT2D eigenvalue weighted by Gasteiger charge is 2.14. The van der Waals surface area contributed by atoms with Gasteiger partial charge in [0.05, 0.1) is 47.0 Å². The third kappa shape index (κ3) is 8.20. The number of hydrogen-bond acceptors (Lipinski definition) is 10. The molecule has 0 bridgehead atoms. The first kappa shape index (κ1) is 36.5. The van der Waals surface area contributed by atoms with E-state index in [0.717, 1.165) is 55.4 Å². The molecule has 55 heavy (non-hydrogen) atoms. The van der Waals surface area contributed by atoms with Crippen LogP contribution in [0.25, 0.3) is 66.8 Å². The fraction of sp³-hybridized carbons (Fsp3) is 0.171. The van der Waals surface area contributed by atoms with Crippen molar-refractivity contribution in [2.75, 3.05) is 33.5 Å². The van der Waals surface area contributed by atoms with Crippen molar-refractivity contribution in [3.05, 3.63) is 129 Å². The minimum absolute atomic E-state index is 0.0868. The zero-order valence-corrected chi connectivity index (χ0v) is 30.3. The van der Waals surface area contributed by atoms with E-state index in [1.165, 1.54) is 0 Å². The average molecular weight is 739 g/mol. The van der Waals surface area contributed by atoms with E-state index in [1.54, 1.807) is 13.2 Å². The van der Waals surface area contributed by atoms with E-state index in [4.69, 9.17) is 19.3 Å². The van der Waals surface area contributed by atoms with Gasteiger partial charge < -0.3 is 29.3 Å². The summed E-state index contributed by atoms with van der Waals surface area (Å²) >= 11 is 0. The van der Waals surface area contributed by atoms with E-state index >= 15 is 0 Å². The lowest BCUT2D eigenvalue weighted by molar-refractivity contribution is 0.146. The van der Waals surface area contributed by atoms with Crippen LogP contribution in [0.15, 0.2) is 107 Å². The van der Waals surface area contributed by atoms with Crippen LogP contribution in [0.1, 0.15) is 11.4 Å². The summed E-state index contributed by atoms with van der Waals surface area (Å²) in [7, 11) is 1.63. The smallest absolute Gasteiger partial charge is 0.345 e. The van der Waals surface area contributed by atoms with E-state index in [1.807, 2.05) is 105 Å². The number of aliphatic hydroxyl groups excluding tert-OH is 1. The molecule has 14 heteroatoms. The second-order valence-corrected chi connectivity index (χ2v) is 12.5. The molecule has 0 unspecified atom stereocenters. The van der Waals surface area contributed by atoms with Crippen molar-refractivity contribution in [1.29, 1.82) is 0 Å². The Balaban J connectivity index is 0.000000169. The molecule has 0 aliphatic carbocycles. The summed E-state index contributed by atoms with van der Waals surface area (Å²) in [6.45, 7) is 4.91. The lowest BCUT2D eigenvalue weighted by Crippen LogP contribution is -2.12. The standard InChI is InChI=1S/C21H20N4O3.C20H18N4O3/c1-13-16-11-14(7-8-17(16)25-24-13)18-12-19(23-21(26)22-18)15-5-3-4-6-20(15)28-10-9-27-2;1-12-15-10-13(6-7-16(15)24-23-12)17-11-18(22-20(26)21-17)14-4-2-3-5-19(14)27-9-8-25/h3-8,11-12H,9-10H2,1-2H3,(H,24,25)(H,22,23,26);2-7,10-11,25H,8-9H2,1H3,(H,23,24)(H,21,22,26). The maximum absolute atomic E-state index is 12.3. The molecule has 0 atom stereocenters. The summed E-state index contributed by atoms with van der Waals surface area (Å²) < 4.78 is 16.4. The van der Waals surface area contributed by atoms with Crippen LogP contribution in [0.2, 0.25) is 0 Å². The number of nitrogens with one attached hydrogen (secondary N) is 4. The van der Waals surface area contributed by atoms with Crippen LogP contribution < -0.4 is 20.9 Å². The molecular weight excluding hydrogens is 701 g/mol. The number of aromatic nitrogens is 8. The van der Waals surface area contributed by atoms with E-state index < -0.39 is 11.4 Å².